The number of halogens is 2. The van der Waals surface area contributed by atoms with Gasteiger partial charge in [-0.1, -0.05) is 11.6 Å². The molecule has 7 nitrogen and oxygen atoms in total. The van der Waals surface area contributed by atoms with E-state index in [1.54, 1.807) is 6.92 Å². The van der Waals surface area contributed by atoms with Crippen LogP contribution in [0, 0.1) is 11.2 Å². The van der Waals surface area contributed by atoms with Crippen LogP contribution >= 0.6 is 11.6 Å². The molecule has 0 spiro atoms. The van der Waals surface area contributed by atoms with Gasteiger partial charge in [-0.05, 0) is 25.5 Å². The summed E-state index contributed by atoms with van der Waals surface area (Å²) in [4.78, 5) is 36.3. The second kappa shape index (κ2) is 6.64. The quantitative estimate of drug-likeness (QED) is 0.810. The number of anilines is 1. The van der Waals surface area contributed by atoms with E-state index in [-0.39, 0.29) is 23.8 Å². The van der Waals surface area contributed by atoms with Crippen molar-refractivity contribution >= 4 is 35.3 Å². The minimum absolute atomic E-state index is 0.0486. The van der Waals surface area contributed by atoms with E-state index in [0.717, 1.165) is 19.2 Å². The zero-order valence-corrected chi connectivity index (χ0v) is 13.8. The summed E-state index contributed by atoms with van der Waals surface area (Å²) >= 11 is 5.72. The lowest BCUT2D eigenvalue weighted by Gasteiger charge is -2.20. The number of carboxylic acid groups (broad SMARTS) is 1. The van der Waals surface area contributed by atoms with Gasteiger partial charge in [-0.2, -0.15) is 0 Å². The number of urea groups is 1. The minimum Gasteiger partial charge on any atom is -0.481 e. The predicted octanol–water partition coefficient (Wildman–Crippen LogP) is 2.59. The number of benzene rings is 1. The van der Waals surface area contributed by atoms with E-state index in [4.69, 9.17) is 11.6 Å². The number of hydrogen-bond donors (Lipinski definition) is 2. The number of carboxylic acids is 1. The maximum atomic E-state index is 13.8. The fourth-order valence-corrected chi connectivity index (χ4v) is 2.65. The summed E-state index contributed by atoms with van der Waals surface area (Å²) in [6.07, 6.45) is 0.327. The van der Waals surface area contributed by atoms with Crippen molar-refractivity contribution in [3.05, 3.63) is 28.5 Å². The van der Waals surface area contributed by atoms with Crippen molar-refractivity contribution < 1.29 is 28.6 Å². The van der Waals surface area contributed by atoms with Gasteiger partial charge in [-0.3, -0.25) is 4.79 Å². The van der Waals surface area contributed by atoms with Gasteiger partial charge in [0.2, 0.25) is 0 Å². The van der Waals surface area contributed by atoms with Crippen LogP contribution in [0.5, 0.6) is 0 Å². The van der Waals surface area contributed by atoms with Gasteiger partial charge >= 0.3 is 18.0 Å². The van der Waals surface area contributed by atoms with Gasteiger partial charge < -0.3 is 20.1 Å². The lowest BCUT2D eigenvalue weighted by molar-refractivity contribution is -0.146. The van der Waals surface area contributed by atoms with Crippen LogP contribution in [0.25, 0.3) is 0 Å². The third-order valence-corrected chi connectivity index (χ3v) is 4.24. The first-order chi connectivity index (χ1) is 11.2. The zero-order chi connectivity index (χ0) is 18.1. The van der Waals surface area contributed by atoms with Crippen molar-refractivity contribution in [3.63, 3.8) is 0 Å². The molecule has 0 aliphatic carbocycles. The molecule has 1 saturated heterocycles. The Hall–Kier alpha value is -2.35. The van der Waals surface area contributed by atoms with Crippen LogP contribution in [0.1, 0.15) is 23.7 Å². The van der Waals surface area contributed by atoms with Gasteiger partial charge in [0, 0.05) is 18.8 Å². The Kier molecular flexibility index (Phi) is 4.98. The molecular formula is C15H16ClFN2O5. The maximum Gasteiger partial charge on any atom is 0.340 e. The smallest absolute Gasteiger partial charge is 0.340 e. The first-order valence-electron chi connectivity index (χ1n) is 7.04. The van der Waals surface area contributed by atoms with Gasteiger partial charge in [0.15, 0.2) is 5.82 Å². The number of carbonyl (C=O) groups is 3. The number of aliphatic carboxylic acids is 1. The number of rotatable bonds is 3. The molecule has 2 N–H and O–H groups in total. The number of ether oxygens (including phenoxy) is 1. The van der Waals surface area contributed by atoms with E-state index < -0.39 is 34.8 Å². The molecule has 0 aromatic heterocycles. The van der Waals surface area contributed by atoms with E-state index in [2.05, 4.69) is 10.1 Å². The van der Waals surface area contributed by atoms with Gasteiger partial charge in [-0.25, -0.2) is 14.0 Å². The molecule has 1 aliphatic rings. The number of hydrogen-bond acceptors (Lipinski definition) is 4. The summed E-state index contributed by atoms with van der Waals surface area (Å²) in [7, 11) is 1.10. The van der Waals surface area contributed by atoms with Gasteiger partial charge in [0.25, 0.3) is 0 Å². The molecule has 0 saturated carbocycles. The van der Waals surface area contributed by atoms with Crippen LogP contribution in [-0.2, 0) is 9.53 Å². The van der Waals surface area contributed by atoms with E-state index in [1.165, 1.54) is 4.90 Å². The molecule has 2 amide bonds. The first kappa shape index (κ1) is 18.0. The molecule has 1 aromatic carbocycles. The molecule has 1 aliphatic heterocycles. The fourth-order valence-electron chi connectivity index (χ4n) is 2.43. The summed E-state index contributed by atoms with van der Waals surface area (Å²) in [6.45, 7) is 1.88. The van der Waals surface area contributed by atoms with Crippen LogP contribution in [-0.4, -0.2) is 48.2 Å². The zero-order valence-electron chi connectivity index (χ0n) is 13.1. The van der Waals surface area contributed by atoms with Crippen molar-refractivity contribution in [1.82, 2.24) is 4.90 Å². The summed E-state index contributed by atoms with van der Waals surface area (Å²) in [5.74, 6) is -2.85. The summed E-state index contributed by atoms with van der Waals surface area (Å²) in [6, 6.07) is 1.71. The highest BCUT2D eigenvalue weighted by atomic mass is 35.5. The van der Waals surface area contributed by atoms with Crippen LogP contribution < -0.4 is 5.32 Å². The SMILES string of the molecule is COC(=O)c1cc(NC(=O)N2CCC(C)(C(=O)O)C2)cc(Cl)c1F. The number of likely N-dealkylation sites (tertiary alicyclic amines) is 1. The van der Waals surface area contributed by atoms with Crippen LogP contribution in [0.3, 0.4) is 0 Å². The molecule has 1 fully saturated rings. The standard InChI is InChI=1S/C15H16ClFN2O5/c1-15(13(21)22)3-4-19(7-15)14(23)18-8-5-9(12(20)24-2)11(17)10(16)6-8/h5-6H,3-4,7H2,1-2H3,(H,18,23)(H,21,22). The second-order valence-electron chi connectivity index (χ2n) is 5.78. The third-order valence-electron chi connectivity index (χ3n) is 3.96. The normalized spacial score (nSPS) is 19.9. The largest absolute Gasteiger partial charge is 0.481 e. The van der Waals surface area contributed by atoms with Crippen LogP contribution in [0.2, 0.25) is 5.02 Å². The summed E-state index contributed by atoms with van der Waals surface area (Å²) in [5, 5.41) is 11.3. The Morgan fingerprint density at radius 1 is 1.42 bits per heavy atom. The monoisotopic (exact) mass is 358 g/mol. The Morgan fingerprint density at radius 3 is 2.62 bits per heavy atom. The molecule has 2 rings (SSSR count). The van der Waals surface area contributed by atoms with Gasteiger partial charge in [-0.15, -0.1) is 0 Å². The highest BCUT2D eigenvalue weighted by Crippen LogP contribution is 2.31. The first-order valence-corrected chi connectivity index (χ1v) is 7.42. The number of amides is 2. The number of esters is 1. The average molecular weight is 359 g/mol. The molecule has 0 radical (unpaired) electrons. The van der Waals surface area contributed by atoms with E-state index in [0.29, 0.717) is 6.42 Å². The van der Waals surface area contributed by atoms with Crippen molar-refractivity contribution in [2.45, 2.75) is 13.3 Å². The Bertz CT molecular complexity index is 711. The third kappa shape index (κ3) is 3.43. The Balaban J connectivity index is 2.17. The van der Waals surface area contributed by atoms with Gasteiger partial charge in [0.1, 0.15) is 0 Å². The van der Waals surface area contributed by atoms with Crippen molar-refractivity contribution in [2.75, 3.05) is 25.5 Å². The van der Waals surface area contributed by atoms with E-state index in [9.17, 15) is 23.9 Å². The van der Waals surface area contributed by atoms with Crippen LogP contribution in [0.15, 0.2) is 12.1 Å². The number of nitrogens with one attached hydrogen (secondary N) is 1. The second-order valence-corrected chi connectivity index (χ2v) is 6.19. The lowest BCUT2D eigenvalue weighted by atomic mass is 9.90. The topological polar surface area (TPSA) is 95.9 Å². The van der Waals surface area contributed by atoms with Crippen molar-refractivity contribution in [3.8, 4) is 0 Å². The number of methoxy groups -OCH3 is 1. The Morgan fingerprint density at radius 2 is 2.08 bits per heavy atom. The number of nitrogens with zero attached hydrogens (tertiary/aromatic N) is 1. The molecule has 1 unspecified atom stereocenters. The predicted molar refractivity (Wildman–Crippen MR) is 83.7 cm³/mol. The molecule has 9 heteroatoms. The highest BCUT2D eigenvalue weighted by molar-refractivity contribution is 6.31. The van der Waals surface area contributed by atoms with Crippen molar-refractivity contribution in [2.24, 2.45) is 5.41 Å². The molecule has 1 atom stereocenters. The molecule has 24 heavy (non-hydrogen) atoms. The average Bonchev–Trinajstić information content (AvgIpc) is 2.94. The molecule has 1 heterocycles. The number of carbonyl (C=O) groups excluding carboxylic acids is 2. The van der Waals surface area contributed by atoms with E-state index >= 15 is 0 Å². The highest BCUT2D eigenvalue weighted by Gasteiger charge is 2.42. The molecular weight excluding hydrogens is 343 g/mol. The molecule has 0 bridgehead atoms. The minimum atomic E-state index is -1.01. The lowest BCUT2D eigenvalue weighted by Crippen LogP contribution is -2.37. The fraction of sp³-hybridized carbons (Fsp3) is 0.400. The van der Waals surface area contributed by atoms with Crippen LogP contribution in [0.4, 0.5) is 14.9 Å². The Labute approximate surface area is 142 Å². The molecule has 1 aromatic rings. The van der Waals surface area contributed by atoms with E-state index in [1.807, 2.05) is 0 Å². The summed E-state index contributed by atoms with van der Waals surface area (Å²) < 4.78 is 18.3. The molecule has 130 valence electrons. The van der Waals surface area contributed by atoms with Crippen molar-refractivity contribution in [1.29, 1.82) is 0 Å². The maximum absolute atomic E-state index is 13.8. The van der Waals surface area contributed by atoms with Gasteiger partial charge in [0.05, 0.1) is 23.1 Å². The summed E-state index contributed by atoms with van der Waals surface area (Å²) in [5.41, 5.74) is -1.30.